The molecule has 0 radical (unpaired) electrons. The molecule has 0 bridgehead atoms. The smallest absolute Gasteiger partial charge is 0.122 e. The molecule has 0 fully saturated rings. The summed E-state index contributed by atoms with van der Waals surface area (Å²) in [5.41, 5.74) is 13.6. The molecule has 0 aliphatic rings. The Kier molecular flexibility index (Phi) is 5.15. The Morgan fingerprint density at radius 1 is 0.773 bits per heavy atom. The van der Waals surface area contributed by atoms with Gasteiger partial charge in [-0.15, -0.1) is 0 Å². The lowest BCUT2D eigenvalue weighted by atomic mass is 10.1. The van der Waals surface area contributed by atoms with E-state index in [-0.39, 0.29) is 22.9 Å². The largest absolute Gasteiger partial charge is 0.507 e. The van der Waals surface area contributed by atoms with Gasteiger partial charge in [0, 0.05) is 20.1 Å². The predicted molar refractivity (Wildman–Crippen MR) is 95.9 cm³/mol. The lowest BCUT2D eigenvalue weighted by Gasteiger charge is -2.06. The van der Waals surface area contributed by atoms with E-state index in [0.717, 1.165) is 8.95 Å². The van der Waals surface area contributed by atoms with Crippen LogP contribution >= 0.6 is 31.9 Å². The van der Waals surface area contributed by atoms with Crippen LogP contribution in [0.1, 0.15) is 11.1 Å². The van der Waals surface area contributed by atoms with Crippen molar-refractivity contribution in [3.63, 3.8) is 0 Å². The highest BCUT2D eigenvalue weighted by atomic mass is 79.9. The molecule has 0 saturated carbocycles. The van der Waals surface area contributed by atoms with Crippen molar-refractivity contribution in [2.75, 3.05) is 0 Å². The van der Waals surface area contributed by atoms with E-state index in [1.165, 1.54) is 0 Å². The van der Waals surface area contributed by atoms with Crippen LogP contribution in [0.5, 0.6) is 11.5 Å². The Labute approximate surface area is 145 Å². The summed E-state index contributed by atoms with van der Waals surface area (Å²) >= 11 is 6.66. The first-order valence-corrected chi connectivity index (χ1v) is 7.87. The quantitative estimate of drug-likeness (QED) is 0.560. The molecule has 6 N–H and O–H groups in total. The van der Waals surface area contributed by atoms with Crippen LogP contribution < -0.4 is 11.5 Å². The van der Waals surface area contributed by atoms with Crippen molar-refractivity contribution in [3.8, 4) is 11.5 Å². The molecule has 22 heavy (non-hydrogen) atoms. The summed E-state index contributed by atoms with van der Waals surface area (Å²) in [6.45, 7) is 0. The van der Waals surface area contributed by atoms with Crippen molar-refractivity contribution in [2.45, 2.75) is 0 Å². The number of hydrogen-bond donors (Lipinski definition) is 4. The molecular formula is C16H14Br2N2O2. The summed E-state index contributed by atoms with van der Waals surface area (Å²) in [6, 6.07) is 10.0. The highest BCUT2D eigenvalue weighted by Crippen LogP contribution is 2.26. The maximum atomic E-state index is 9.81. The summed E-state index contributed by atoms with van der Waals surface area (Å²) in [4.78, 5) is 0. The fraction of sp³-hybridized carbons (Fsp3) is 0. The first-order valence-electron chi connectivity index (χ1n) is 6.28. The number of hydrogen-bond acceptors (Lipinski definition) is 4. The molecule has 0 heterocycles. The Morgan fingerprint density at radius 3 is 1.50 bits per heavy atom. The topological polar surface area (TPSA) is 92.5 Å². The molecule has 2 aromatic rings. The zero-order valence-electron chi connectivity index (χ0n) is 11.4. The Hall–Kier alpha value is -1.92. The maximum absolute atomic E-state index is 9.81. The first kappa shape index (κ1) is 16.5. The van der Waals surface area contributed by atoms with Crippen molar-refractivity contribution < 1.29 is 10.2 Å². The summed E-state index contributed by atoms with van der Waals surface area (Å²) in [5.74, 6) is 0.202. The third kappa shape index (κ3) is 4.05. The van der Waals surface area contributed by atoms with E-state index in [1.807, 2.05) is 0 Å². The number of rotatable bonds is 3. The van der Waals surface area contributed by atoms with Crippen LogP contribution in [0.4, 0.5) is 0 Å². The van der Waals surface area contributed by atoms with Gasteiger partial charge in [-0.25, -0.2) is 0 Å². The number of benzene rings is 2. The van der Waals surface area contributed by atoms with Crippen molar-refractivity contribution in [1.29, 1.82) is 0 Å². The van der Waals surface area contributed by atoms with Crippen LogP contribution in [0.3, 0.4) is 0 Å². The van der Waals surface area contributed by atoms with Gasteiger partial charge in [0.05, 0.1) is 11.4 Å². The maximum Gasteiger partial charge on any atom is 0.122 e. The molecule has 0 atom stereocenters. The van der Waals surface area contributed by atoms with Crippen LogP contribution in [0.2, 0.25) is 0 Å². The van der Waals surface area contributed by atoms with Crippen molar-refractivity contribution in [3.05, 3.63) is 67.9 Å². The average Bonchev–Trinajstić information content (AvgIpc) is 2.46. The van der Waals surface area contributed by atoms with E-state index in [4.69, 9.17) is 11.5 Å². The van der Waals surface area contributed by atoms with Crippen LogP contribution in [-0.4, -0.2) is 10.2 Å². The summed E-state index contributed by atoms with van der Waals surface area (Å²) in [7, 11) is 0. The normalized spacial score (nSPS) is 12.5. The molecule has 0 aliphatic heterocycles. The van der Waals surface area contributed by atoms with Gasteiger partial charge in [-0.05, 0) is 48.6 Å². The molecule has 2 rings (SSSR count). The predicted octanol–water partition coefficient (Wildman–Crippen LogP) is 3.92. The van der Waals surface area contributed by atoms with E-state index >= 15 is 0 Å². The summed E-state index contributed by atoms with van der Waals surface area (Å²) in [5, 5.41) is 19.6. The molecule has 114 valence electrons. The molecular weight excluding hydrogens is 412 g/mol. The second-order valence-corrected chi connectivity index (χ2v) is 6.44. The lowest BCUT2D eigenvalue weighted by molar-refractivity contribution is 0.473. The van der Waals surface area contributed by atoms with Gasteiger partial charge in [0.2, 0.25) is 0 Å². The molecule has 0 amide bonds. The van der Waals surface area contributed by atoms with E-state index < -0.39 is 0 Å². The first-order chi connectivity index (χ1) is 10.4. The van der Waals surface area contributed by atoms with Crippen LogP contribution in [0.15, 0.2) is 56.7 Å². The molecule has 0 aromatic heterocycles. The molecule has 0 unspecified atom stereocenters. The summed E-state index contributed by atoms with van der Waals surface area (Å²) in [6.07, 6.45) is 3.14. The van der Waals surface area contributed by atoms with E-state index in [9.17, 15) is 10.2 Å². The van der Waals surface area contributed by atoms with Gasteiger partial charge in [0.25, 0.3) is 0 Å². The average molecular weight is 426 g/mol. The van der Waals surface area contributed by atoms with Gasteiger partial charge in [-0.1, -0.05) is 31.9 Å². The zero-order chi connectivity index (χ0) is 16.3. The van der Waals surface area contributed by atoms with Crippen LogP contribution in [0, 0.1) is 0 Å². The SMILES string of the molecule is NC(=Cc1cc(Br)ccc1O)C(N)=Cc1cc(Br)ccc1O. The van der Waals surface area contributed by atoms with Crippen molar-refractivity contribution in [2.24, 2.45) is 11.5 Å². The lowest BCUT2D eigenvalue weighted by Crippen LogP contribution is -2.08. The second kappa shape index (κ2) is 6.89. The molecule has 0 saturated heterocycles. The number of phenolic OH excluding ortho intramolecular Hbond substituents is 2. The molecule has 0 spiro atoms. The fourth-order valence-electron chi connectivity index (χ4n) is 1.78. The van der Waals surface area contributed by atoms with Crippen LogP contribution in [0.25, 0.3) is 12.2 Å². The van der Waals surface area contributed by atoms with Gasteiger partial charge in [0.1, 0.15) is 11.5 Å². The van der Waals surface area contributed by atoms with E-state index in [2.05, 4.69) is 31.9 Å². The van der Waals surface area contributed by atoms with Crippen molar-refractivity contribution in [1.82, 2.24) is 0 Å². The highest BCUT2D eigenvalue weighted by molar-refractivity contribution is 9.10. The number of aromatic hydroxyl groups is 2. The third-order valence-electron chi connectivity index (χ3n) is 2.93. The minimum atomic E-state index is 0.101. The van der Waals surface area contributed by atoms with E-state index in [0.29, 0.717) is 11.1 Å². The minimum absolute atomic E-state index is 0.101. The Balaban J connectivity index is 2.37. The van der Waals surface area contributed by atoms with Gasteiger partial charge in [0.15, 0.2) is 0 Å². The van der Waals surface area contributed by atoms with Gasteiger partial charge < -0.3 is 21.7 Å². The Bertz CT molecular complexity index is 705. The molecule has 2 aromatic carbocycles. The summed E-state index contributed by atoms with van der Waals surface area (Å²) < 4.78 is 1.63. The fourth-order valence-corrected chi connectivity index (χ4v) is 2.54. The highest BCUT2D eigenvalue weighted by Gasteiger charge is 2.04. The standard InChI is InChI=1S/C16H14Br2N2O2/c17-11-1-3-15(21)9(5-11)7-13(19)14(20)8-10-6-12(18)2-4-16(10)22/h1-8,21-22H,19-20H2. The third-order valence-corrected chi connectivity index (χ3v) is 3.92. The monoisotopic (exact) mass is 424 g/mol. The molecule has 4 nitrogen and oxygen atoms in total. The molecule has 0 aliphatic carbocycles. The van der Waals surface area contributed by atoms with Crippen LogP contribution in [-0.2, 0) is 0 Å². The van der Waals surface area contributed by atoms with Gasteiger partial charge in [-0.2, -0.15) is 0 Å². The van der Waals surface area contributed by atoms with Gasteiger partial charge >= 0.3 is 0 Å². The van der Waals surface area contributed by atoms with E-state index in [1.54, 1.807) is 48.6 Å². The minimum Gasteiger partial charge on any atom is -0.507 e. The number of halogens is 2. The zero-order valence-corrected chi connectivity index (χ0v) is 14.6. The van der Waals surface area contributed by atoms with Crippen molar-refractivity contribution >= 4 is 44.0 Å². The Morgan fingerprint density at radius 2 is 1.14 bits per heavy atom. The second-order valence-electron chi connectivity index (χ2n) is 4.61. The number of nitrogens with two attached hydrogens (primary N) is 2. The number of phenols is 2. The van der Waals surface area contributed by atoms with Gasteiger partial charge in [-0.3, -0.25) is 0 Å². The molecule has 6 heteroatoms.